The zero-order chi connectivity index (χ0) is 12.7. The van der Waals surface area contributed by atoms with Crippen molar-refractivity contribution in [1.82, 2.24) is 20.0 Å². The van der Waals surface area contributed by atoms with Crippen LogP contribution in [0.1, 0.15) is 23.4 Å². The van der Waals surface area contributed by atoms with E-state index in [4.69, 9.17) is 0 Å². The summed E-state index contributed by atoms with van der Waals surface area (Å²) >= 11 is 0. The smallest absolute Gasteiger partial charge is 0.0641 e. The molecule has 108 valence electrons. The summed E-state index contributed by atoms with van der Waals surface area (Å²) in [5.74, 6) is 1.80. The fourth-order valence-electron chi connectivity index (χ4n) is 3.52. The van der Waals surface area contributed by atoms with Gasteiger partial charge in [-0.05, 0) is 51.7 Å². The van der Waals surface area contributed by atoms with Gasteiger partial charge < -0.3 is 5.32 Å². The fourth-order valence-corrected chi connectivity index (χ4v) is 3.52. The van der Waals surface area contributed by atoms with Gasteiger partial charge in [-0.2, -0.15) is 5.10 Å². The molecule has 2 aliphatic heterocycles. The van der Waals surface area contributed by atoms with Crippen LogP contribution in [0.3, 0.4) is 0 Å². The number of piperidine rings is 1. The molecule has 1 aromatic rings. The van der Waals surface area contributed by atoms with Crippen molar-refractivity contribution in [3.63, 3.8) is 0 Å². The zero-order valence-corrected chi connectivity index (χ0v) is 13.0. The first-order chi connectivity index (χ1) is 8.65. The molecular weight excluding hydrogens is 260 g/mol. The maximum absolute atomic E-state index is 4.52. The van der Waals surface area contributed by atoms with Crippen molar-refractivity contribution in [2.75, 3.05) is 26.2 Å². The van der Waals surface area contributed by atoms with Gasteiger partial charge in [0.15, 0.2) is 0 Å². The van der Waals surface area contributed by atoms with Gasteiger partial charge in [0.25, 0.3) is 0 Å². The van der Waals surface area contributed by atoms with Gasteiger partial charge in [0.1, 0.15) is 0 Å². The van der Waals surface area contributed by atoms with Crippen molar-refractivity contribution in [2.24, 2.45) is 18.9 Å². The van der Waals surface area contributed by atoms with E-state index in [9.17, 15) is 0 Å². The summed E-state index contributed by atoms with van der Waals surface area (Å²) in [6.07, 6.45) is 1.36. The molecule has 1 aromatic heterocycles. The molecule has 5 heteroatoms. The minimum atomic E-state index is 0. The Morgan fingerprint density at radius 3 is 2.68 bits per heavy atom. The Balaban J connectivity index is 0.00000133. The van der Waals surface area contributed by atoms with Gasteiger partial charge in [-0.1, -0.05) is 0 Å². The van der Waals surface area contributed by atoms with Gasteiger partial charge in [-0.25, -0.2) is 0 Å². The van der Waals surface area contributed by atoms with Gasteiger partial charge in [0.2, 0.25) is 0 Å². The average molecular weight is 285 g/mol. The van der Waals surface area contributed by atoms with Crippen molar-refractivity contribution >= 4 is 12.4 Å². The molecule has 2 unspecified atom stereocenters. The zero-order valence-electron chi connectivity index (χ0n) is 12.1. The van der Waals surface area contributed by atoms with E-state index in [0.717, 1.165) is 18.4 Å². The Kier molecular flexibility index (Phi) is 4.54. The summed E-state index contributed by atoms with van der Waals surface area (Å²) in [6, 6.07) is 0. The first-order valence-electron chi connectivity index (χ1n) is 7.07. The standard InChI is InChI=1S/C14H24N4.ClH/c1-10-14(11(2)17(3)16-10)9-18-5-4-12-6-15-7-13(12)8-18;/h12-13,15H,4-9H2,1-3H3;1H. The molecule has 2 saturated heterocycles. The quantitative estimate of drug-likeness (QED) is 0.893. The summed E-state index contributed by atoms with van der Waals surface area (Å²) in [7, 11) is 2.04. The average Bonchev–Trinajstić information content (AvgIpc) is 2.89. The molecule has 0 radical (unpaired) electrons. The van der Waals surface area contributed by atoms with E-state index in [1.165, 1.54) is 49.6 Å². The third-order valence-corrected chi connectivity index (χ3v) is 4.83. The SMILES string of the molecule is Cc1nn(C)c(C)c1CN1CCC2CNCC2C1.Cl. The third kappa shape index (κ3) is 2.81. The lowest BCUT2D eigenvalue weighted by molar-refractivity contribution is 0.142. The summed E-state index contributed by atoms with van der Waals surface area (Å²) in [4.78, 5) is 2.62. The first-order valence-corrected chi connectivity index (χ1v) is 7.07. The first kappa shape index (κ1) is 14.8. The molecule has 2 aliphatic rings. The van der Waals surface area contributed by atoms with Crippen molar-refractivity contribution in [3.05, 3.63) is 17.0 Å². The molecule has 0 bridgehead atoms. The van der Waals surface area contributed by atoms with Crippen molar-refractivity contribution in [3.8, 4) is 0 Å². The number of likely N-dealkylation sites (tertiary alicyclic amines) is 1. The maximum atomic E-state index is 4.52. The predicted octanol–water partition coefficient (Wildman–Crippen LogP) is 1.50. The summed E-state index contributed by atoms with van der Waals surface area (Å²) < 4.78 is 2.01. The molecule has 0 aliphatic carbocycles. The minimum absolute atomic E-state index is 0. The molecular formula is C14H25ClN4. The molecule has 0 saturated carbocycles. The lowest BCUT2D eigenvalue weighted by Gasteiger charge is -2.34. The Morgan fingerprint density at radius 1 is 1.26 bits per heavy atom. The Labute approximate surface area is 122 Å². The van der Waals surface area contributed by atoms with Gasteiger partial charge in [-0.15, -0.1) is 12.4 Å². The number of nitrogens with one attached hydrogen (secondary N) is 1. The number of rotatable bonds is 2. The largest absolute Gasteiger partial charge is 0.316 e. The van der Waals surface area contributed by atoms with Gasteiger partial charge in [-0.3, -0.25) is 9.58 Å². The molecule has 2 atom stereocenters. The van der Waals surface area contributed by atoms with Crippen molar-refractivity contribution in [1.29, 1.82) is 0 Å². The second-order valence-electron chi connectivity index (χ2n) is 5.98. The predicted molar refractivity (Wildman–Crippen MR) is 79.7 cm³/mol. The Bertz CT molecular complexity index is 443. The van der Waals surface area contributed by atoms with Crippen LogP contribution < -0.4 is 5.32 Å². The lowest BCUT2D eigenvalue weighted by Crippen LogP contribution is -2.39. The van der Waals surface area contributed by atoms with Crippen LogP contribution in [0.4, 0.5) is 0 Å². The highest BCUT2D eigenvalue weighted by atomic mass is 35.5. The molecule has 1 N–H and O–H groups in total. The monoisotopic (exact) mass is 284 g/mol. The maximum Gasteiger partial charge on any atom is 0.0641 e. The van der Waals surface area contributed by atoms with Gasteiger partial charge in [0, 0.05) is 31.4 Å². The lowest BCUT2D eigenvalue weighted by atomic mass is 9.88. The number of aromatic nitrogens is 2. The molecule has 3 rings (SSSR count). The van der Waals surface area contributed by atoms with Crippen molar-refractivity contribution in [2.45, 2.75) is 26.8 Å². The number of halogens is 1. The van der Waals surface area contributed by atoms with Crippen LogP contribution in [0.2, 0.25) is 0 Å². The van der Waals surface area contributed by atoms with E-state index in [1.807, 2.05) is 11.7 Å². The number of nitrogens with zero attached hydrogens (tertiary/aromatic N) is 3. The second kappa shape index (κ2) is 5.81. The number of hydrogen-bond donors (Lipinski definition) is 1. The summed E-state index contributed by atoms with van der Waals surface area (Å²) in [5, 5.41) is 8.05. The second-order valence-corrected chi connectivity index (χ2v) is 5.98. The molecule has 2 fully saturated rings. The molecule has 0 spiro atoms. The van der Waals surface area contributed by atoms with E-state index in [2.05, 4.69) is 29.2 Å². The summed E-state index contributed by atoms with van der Waals surface area (Å²) in [6.45, 7) is 10.3. The third-order valence-electron chi connectivity index (χ3n) is 4.83. The molecule has 0 aromatic carbocycles. The van der Waals surface area contributed by atoms with Crippen LogP contribution in [0.15, 0.2) is 0 Å². The molecule has 4 nitrogen and oxygen atoms in total. The number of hydrogen-bond acceptors (Lipinski definition) is 3. The van der Waals surface area contributed by atoms with Crippen LogP contribution in [0.25, 0.3) is 0 Å². The highest BCUT2D eigenvalue weighted by Crippen LogP contribution is 2.28. The minimum Gasteiger partial charge on any atom is -0.316 e. The highest BCUT2D eigenvalue weighted by Gasteiger charge is 2.32. The highest BCUT2D eigenvalue weighted by molar-refractivity contribution is 5.85. The number of fused-ring (bicyclic) bond motifs is 1. The molecule has 3 heterocycles. The van der Waals surface area contributed by atoms with Crippen molar-refractivity contribution < 1.29 is 0 Å². The van der Waals surface area contributed by atoms with E-state index in [1.54, 1.807) is 0 Å². The van der Waals surface area contributed by atoms with Crippen LogP contribution in [-0.2, 0) is 13.6 Å². The van der Waals surface area contributed by atoms with E-state index >= 15 is 0 Å². The van der Waals surface area contributed by atoms with E-state index in [0.29, 0.717) is 0 Å². The van der Waals surface area contributed by atoms with E-state index < -0.39 is 0 Å². The Hall–Kier alpha value is -0.580. The normalized spacial score (nSPS) is 27.1. The van der Waals surface area contributed by atoms with Gasteiger partial charge >= 0.3 is 0 Å². The van der Waals surface area contributed by atoms with Crippen LogP contribution in [0, 0.1) is 25.7 Å². The number of aryl methyl sites for hydroxylation is 2. The summed E-state index contributed by atoms with van der Waals surface area (Å²) in [5.41, 5.74) is 3.95. The van der Waals surface area contributed by atoms with Gasteiger partial charge in [0.05, 0.1) is 5.69 Å². The van der Waals surface area contributed by atoms with Crippen LogP contribution in [0.5, 0.6) is 0 Å². The van der Waals surface area contributed by atoms with Crippen LogP contribution in [-0.4, -0.2) is 40.9 Å². The topological polar surface area (TPSA) is 33.1 Å². The Morgan fingerprint density at radius 2 is 2.00 bits per heavy atom. The molecule has 19 heavy (non-hydrogen) atoms. The van der Waals surface area contributed by atoms with E-state index in [-0.39, 0.29) is 12.4 Å². The molecule has 0 amide bonds. The van der Waals surface area contributed by atoms with Crippen LogP contribution >= 0.6 is 12.4 Å². The fraction of sp³-hybridized carbons (Fsp3) is 0.786.